The summed E-state index contributed by atoms with van der Waals surface area (Å²) in [5.74, 6) is -0.923. The Morgan fingerprint density at radius 2 is 2.28 bits per heavy atom. The number of carboxylic acid groups (broad SMARTS) is 1. The number of hydrogen-bond donors (Lipinski definition) is 1. The van der Waals surface area contributed by atoms with Crippen LogP contribution in [0.15, 0.2) is 24.3 Å². The van der Waals surface area contributed by atoms with Crippen LogP contribution in [0.25, 0.3) is 11.3 Å². The number of nitrogens with zero attached hydrogens (tertiary/aromatic N) is 2. The van der Waals surface area contributed by atoms with Gasteiger partial charge in [-0.25, -0.2) is 4.79 Å². The van der Waals surface area contributed by atoms with Crippen molar-refractivity contribution in [2.45, 2.75) is 19.4 Å². The van der Waals surface area contributed by atoms with Gasteiger partial charge >= 0.3 is 5.97 Å². The molecule has 0 radical (unpaired) electrons. The molecule has 1 aliphatic heterocycles. The zero-order chi connectivity index (χ0) is 12.7. The molecule has 5 heteroatoms. The first-order valence-corrected chi connectivity index (χ1v) is 6.13. The second-order valence-corrected chi connectivity index (χ2v) is 4.75. The number of rotatable bonds is 2. The topological polar surface area (TPSA) is 55.1 Å². The van der Waals surface area contributed by atoms with Crippen LogP contribution < -0.4 is 0 Å². The highest BCUT2D eigenvalue weighted by atomic mass is 35.5. The Labute approximate surface area is 109 Å². The second-order valence-electron chi connectivity index (χ2n) is 4.31. The van der Waals surface area contributed by atoms with E-state index in [0.29, 0.717) is 16.3 Å². The fourth-order valence-corrected chi connectivity index (χ4v) is 2.58. The smallest absolute Gasteiger partial charge is 0.339 e. The minimum Gasteiger partial charge on any atom is -0.478 e. The molecule has 0 bridgehead atoms. The van der Waals surface area contributed by atoms with Crippen LogP contribution in [0.3, 0.4) is 0 Å². The molecule has 0 unspecified atom stereocenters. The molecule has 0 amide bonds. The van der Waals surface area contributed by atoms with Gasteiger partial charge in [0.1, 0.15) is 11.3 Å². The van der Waals surface area contributed by atoms with Crippen LogP contribution in [0.2, 0.25) is 5.02 Å². The Balaban J connectivity index is 2.21. The van der Waals surface area contributed by atoms with Crippen molar-refractivity contribution in [2.75, 3.05) is 0 Å². The van der Waals surface area contributed by atoms with Crippen molar-refractivity contribution >= 4 is 17.6 Å². The minimum atomic E-state index is -0.923. The lowest BCUT2D eigenvalue weighted by Gasteiger charge is -2.01. The maximum Gasteiger partial charge on any atom is 0.339 e. The highest BCUT2D eigenvalue weighted by Crippen LogP contribution is 2.30. The van der Waals surface area contributed by atoms with E-state index in [1.54, 1.807) is 22.9 Å². The zero-order valence-corrected chi connectivity index (χ0v) is 10.3. The number of carbonyl (C=O) groups is 1. The largest absolute Gasteiger partial charge is 0.478 e. The lowest BCUT2D eigenvalue weighted by molar-refractivity contribution is 0.0696. The van der Waals surface area contributed by atoms with E-state index in [2.05, 4.69) is 5.10 Å². The van der Waals surface area contributed by atoms with Gasteiger partial charge in [0.2, 0.25) is 0 Å². The highest BCUT2D eigenvalue weighted by Gasteiger charge is 2.26. The summed E-state index contributed by atoms with van der Waals surface area (Å²) >= 11 is 5.94. The van der Waals surface area contributed by atoms with Crippen LogP contribution >= 0.6 is 11.6 Å². The lowest BCUT2D eigenvalue weighted by Crippen LogP contribution is -2.01. The average Bonchev–Trinajstić information content (AvgIpc) is 2.87. The van der Waals surface area contributed by atoms with Gasteiger partial charge in [0.15, 0.2) is 0 Å². The molecule has 1 aromatic carbocycles. The van der Waals surface area contributed by atoms with E-state index in [4.69, 9.17) is 11.6 Å². The second kappa shape index (κ2) is 4.14. The number of carboxylic acids is 1. The maximum absolute atomic E-state index is 11.4. The van der Waals surface area contributed by atoms with Gasteiger partial charge in [-0.2, -0.15) is 5.10 Å². The van der Waals surface area contributed by atoms with Crippen molar-refractivity contribution in [1.82, 2.24) is 9.78 Å². The van der Waals surface area contributed by atoms with Gasteiger partial charge in [-0.15, -0.1) is 0 Å². The summed E-state index contributed by atoms with van der Waals surface area (Å²) in [6, 6.07) is 7.13. The molecule has 0 spiro atoms. The number of aromatic nitrogens is 2. The Kier molecular flexibility index (Phi) is 2.59. The third kappa shape index (κ3) is 1.69. The molecular weight excluding hydrogens is 252 g/mol. The minimum absolute atomic E-state index is 0.315. The van der Waals surface area contributed by atoms with Crippen molar-refractivity contribution in [1.29, 1.82) is 0 Å². The summed E-state index contributed by atoms with van der Waals surface area (Å²) < 4.78 is 1.79. The van der Waals surface area contributed by atoms with E-state index in [0.717, 1.165) is 30.6 Å². The molecule has 4 nitrogen and oxygen atoms in total. The number of hydrogen-bond acceptors (Lipinski definition) is 2. The van der Waals surface area contributed by atoms with Gasteiger partial charge in [-0.3, -0.25) is 4.68 Å². The normalized spacial score (nSPS) is 13.6. The molecule has 0 saturated heterocycles. The molecule has 0 aliphatic carbocycles. The van der Waals surface area contributed by atoms with Crippen molar-refractivity contribution in [3.05, 3.63) is 40.5 Å². The summed E-state index contributed by atoms with van der Waals surface area (Å²) in [6.45, 7) is 0.788. The van der Waals surface area contributed by atoms with E-state index < -0.39 is 5.97 Å². The molecule has 3 rings (SSSR count). The molecule has 92 valence electrons. The van der Waals surface area contributed by atoms with Gasteiger partial charge in [0.25, 0.3) is 0 Å². The first-order valence-electron chi connectivity index (χ1n) is 5.76. The third-order valence-corrected chi connectivity index (χ3v) is 3.39. The fourth-order valence-electron chi connectivity index (χ4n) is 2.39. The maximum atomic E-state index is 11.4. The van der Waals surface area contributed by atoms with Crippen LogP contribution in [-0.2, 0) is 13.0 Å². The molecule has 1 N–H and O–H groups in total. The van der Waals surface area contributed by atoms with Gasteiger partial charge < -0.3 is 5.11 Å². The molecule has 18 heavy (non-hydrogen) atoms. The molecule has 0 atom stereocenters. The summed E-state index contributed by atoms with van der Waals surface area (Å²) in [5.41, 5.74) is 2.40. The van der Waals surface area contributed by atoms with Gasteiger partial charge in [-0.05, 0) is 25.0 Å². The SMILES string of the molecule is O=C(O)c1c(-c2cccc(Cl)c2)nn2c1CCC2. The Morgan fingerprint density at radius 3 is 3.00 bits per heavy atom. The van der Waals surface area contributed by atoms with E-state index in [-0.39, 0.29) is 0 Å². The zero-order valence-electron chi connectivity index (χ0n) is 9.56. The van der Waals surface area contributed by atoms with Crippen LogP contribution in [0.4, 0.5) is 0 Å². The number of benzene rings is 1. The standard InChI is InChI=1S/C13H11ClN2O2/c14-9-4-1-3-8(7-9)12-11(13(17)18)10-5-2-6-16(10)15-12/h1,3-4,7H,2,5-6H2,(H,17,18). The average molecular weight is 263 g/mol. The van der Waals surface area contributed by atoms with Crippen molar-refractivity contribution < 1.29 is 9.90 Å². The highest BCUT2D eigenvalue weighted by molar-refractivity contribution is 6.30. The summed E-state index contributed by atoms with van der Waals surface area (Å²) in [6.07, 6.45) is 1.73. The summed E-state index contributed by atoms with van der Waals surface area (Å²) in [5, 5.41) is 14.3. The van der Waals surface area contributed by atoms with E-state index in [1.165, 1.54) is 0 Å². The van der Waals surface area contributed by atoms with E-state index >= 15 is 0 Å². The van der Waals surface area contributed by atoms with Gasteiger partial charge in [0, 0.05) is 17.1 Å². The molecule has 0 fully saturated rings. The van der Waals surface area contributed by atoms with E-state index in [9.17, 15) is 9.90 Å². The van der Waals surface area contributed by atoms with E-state index in [1.807, 2.05) is 6.07 Å². The van der Waals surface area contributed by atoms with Crippen LogP contribution in [0, 0.1) is 0 Å². The van der Waals surface area contributed by atoms with Gasteiger partial charge in [0.05, 0.1) is 5.69 Å². The van der Waals surface area contributed by atoms with Crippen LogP contribution in [0.1, 0.15) is 22.5 Å². The molecule has 2 heterocycles. The quantitative estimate of drug-likeness (QED) is 0.905. The van der Waals surface area contributed by atoms with Crippen LogP contribution in [0.5, 0.6) is 0 Å². The number of halogens is 1. The Bertz CT molecular complexity index is 634. The molecule has 1 aromatic heterocycles. The van der Waals surface area contributed by atoms with Crippen molar-refractivity contribution in [3.8, 4) is 11.3 Å². The molecule has 2 aromatic rings. The van der Waals surface area contributed by atoms with Gasteiger partial charge in [-0.1, -0.05) is 23.7 Å². The molecular formula is C13H11ClN2O2. The van der Waals surface area contributed by atoms with Crippen molar-refractivity contribution in [2.24, 2.45) is 0 Å². The monoisotopic (exact) mass is 262 g/mol. The number of aromatic carboxylic acids is 1. The lowest BCUT2D eigenvalue weighted by atomic mass is 10.0. The summed E-state index contributed by atoms with van der Waals surface area (Å²) in [4.78, 5) is 11.4. The number of fused-ring (bicyclic) bond motifs is 1. The third-order valence-electron chi connectivity index (χ3n) is 3.15. The Hall–Kier alpha value is -1.81. The molecule has 0 saturated carbocycles. The predicted octanol–water partition coefficient (Wildman–Crippen LogP) is 2.85. The number of aryl methyl sites for hydroxylation is 1. The Morgan fingerprint density at radius 1 is 1.44 bits per heavy atom. The summed E-state index contributed by atoms with van der Waals surface area (Å²) in [7, 11) is 0. The predicted molar refractivity (Wildman–Crippen MR) is 68.0 cm³/mol. The first kappa shape index (κ1) is 11.3. The first-order chi connectivity index (χ1) is 8.66. The fraction of sp³-hybridized carbons (Fsp3) is 0.231. The van der Waals surface area contributed by atoms with Crippen molar-refractivity contribution in [3.63, 3.8) is 0 Å². The molecule has 1 aliphatic rings. The van der Waals surface area contributed by atoms with Crippen LogP contribution in [-0.4, -0.2) is 20.9 Å².